The maximum atomic E-state index is 13.2. The fourth-order valence-corrected chi connectivity index (χ4v) is 3.59. The first-order chi connectivity index (χ1) is 15.0. The first-order valence-electron chi connectivity index (χ1n) is 10.3. The lowest BCUT2D eigenvalue weighted by atomic mass is 9.98. The molecule has 31 heavy (non-hydrogen) atoms. The maximum absolute atomic E-state index is 13.2. The predicted octanol–water partition coefficient (Wildman–Crippen LogP) is 4.15. The number of aryl methyl sites for hydroxylation is 1. The molecule has 2 N–H and O–H groups in total. The Morgan fingerprint density at radius 2 is 1.61 bits per heavy atom. The summed E-state index contributed by atoms with van der Waals surface area (Å²) in [6, 6.07) is 19.7. The number of methoxy groups -OCH3 is 1. The Hall–Kier alpha value is -3.38. The average molecular weight is 421 g/mol. The number of ether oxygens (including phenoxy) is 2. The molecule has 0 bridgehead atoms. The number of carbonyl (C=O) groups is 2. The van der Waals surface area contributed by atoms with Crippen LogP contribution in [-0.2, 0) is 15.9 Å². The summed E-state index contributed by atoms with van der Waals surface area (Å²) in [5.74, 6) is -0.729. The van der Waals surface area contributed by atoms with E-state index in [-0.39, 0.29) is 18.6 Å². The van der Waals surface area contributed by atoms with Crippen LogP contribution < -0.4 is 5.32 Å². The second kappa shape index (κ2) is 10.6. The van der Waals surface area contributed by atoms with Crippen LogP contribution in [0.15, 0.2) is 60.7 Å². The lowest BCUT2D eigenvalue weighted by molar-refractivity contribution is 0.0387. The molecular formula is C25H28N2O4. The number of H-pyrrole nitrogens is 1. The number of hydrogen-bond acceptors (Lipinski definition) is 4. The first-order valence-corrected chi connectivity index (χ1v) is 10.3. The van der Waals surface area contributed by atoms with Crippen molar-refractivity contribution in [3.8, 4) is 0 Å². The number of aromatic nitrogens is 1. The Labute approximate surface area is 182 Å². The van der Waals surface area contributed by atoms with Crippen LogP contribution >= 0.6 is 0 Å². The second-order valence-electron chi connectivity index (χ2n) is 7.38. The Kier molecular flexibility index (Phi) is 7.62. The summed E-state index contributed by atoms with van der Waals surface area (Å²) in [5, 5.41) is 3.13. The highest BCUT2D eigenvalue weighted by Crippen LogP contribution is 2.22. The van der Waals surface area contributed by atoms with Gasteiger partial charge in [-0.3, -0.25) is 4.79 Å². The molecule has 162 valence electrons. The molecule has 1 amide bonds. The van der Waals surface area contributed by atoms with Crippen molar-refractivity contribution in [2.75, 3.05) is 20.3 Å². The molecule has 1 aromatic heterocycles. The summed E-state index contributed by atoms with van der Waals surface area (Å²) in [7, 11) is 1.54. The number of rotatable bonds is 9. The molecule has 1 heterocycles. The third kappa shape index (κ3) is 5.61. The summed E-state index contributed by atoms with van der Waals surface area (Å²) in [6.07, 6.45) is 0.654. The molecule has 6 nitrogen and oxygen atoms in total. The van der Waals surface area contributed by atoms with Crippen LogP contribution in [0.5, 0.6) is 0 Å². The molecule has 0 saturated heterocycles. The summed E-state index contributed by atoms with van der Waals surface area (Å²) in [6.45, 7) is 3.99. The van der Waals surface area contributed by atoms with Crippen LogP contribution in [0.25, 0.3) is 0 Å². The molecule has 3 aromatic rings. The Bertz CT molecular complexity index is 1010. The van der Waals surface area contributed by atoms with E-state index in [9.17, 15) is 9.59 Å². The van der Waals surface area contributed by atoms with Gasteiger partial charge in [-0.05, 0) is 37.0 Å². The zero-order valence-corrected chi connectivity index (χ0v) is 18.1. The zero-order chi connectivity index (χ0) is 22.2. The van der Waals surface area contributed by atoms with Gasteiger partial charge in [0.15, 0.2) is 0 Å². The highest BCUT2D eigenvalue weighted by atomic mass is 16.6. The number of hydrogen-bond donors (Lipinski definition) is 2. The first kappa shape index (κ1) is 22.3. The van der Waals surface area contributed by atoms with Crippen LogP contribution in [0.2, 0.25) is 0 Å². The van der Waals surface area contributed by atoms with E-state index in [0.29, 0.717) is 35.5 Å². The van der Waals surface area contributed by atoms with Crippen molar-refractivity contribution in [2.45, 2.75) is 26.3 Å². The lowest BCUT2D eigenvalue weighted by Crippen LogP contribution is -2.30. The second-order valence-corrected chi connectivity index (χ2v) is 7.38. The molecule has 0 aliphatic heterocycles. The van der Waals surface area contributed by atoms with Gasteiger partial charge >= 0.3 is 5.97 Å². The Morgan fingerprint density at radius 1 is 0.968 bits per heavy atom. The van der Waals surface area contributed by atoms with Gasteiger partial charge in [0.2, 0.25) is 0 Å². The Morgan fingerprint density at radius 3 is 2.26 bits per heavy atom. The van der Waals surface area contributed by atoms with E-state index in [1.165, 1.54) is 0 Å². The fraction of sp³-hybridized carbons (Fsp3) is 0.280. The van der Waals surface area contributed by atoms with E-state index in [0.717, 1.165) is 11.1 Å². The quantitative estimate of drug-likeness (QED) is 0.403. The monoisotopic (exact) mass is 420 g/mol. The summed E-state index contributed by atoms with van der Waals surface area (Å²) in [5.41, 5.74) is 4.07. The van der Waals surface area contributed by atoms with Crippen molar-refractivity contribution in [1.82, 2.24) is 10.3 Å². The molecular weight excluding hydrogens is 392 g/mol. The van der Waals surface area contributed by atoms with Crippen molar-refractivity contribution in [2.24, 2.45) is 0 Å². The van der Waals surface area contributed by atoms with Gasteiger partial charge < -0.3 is 19.8 Å². The average Bonchev–Trinajstić information content (AvgIpc) is 3.08. The van der Waals surface area contributed by atoms with Crippen LogP contribution in [0.4, 0.5) is 0 Å². The van der Waals surface area contributed by atoms with Gasteiger partial charge in [0.05, 0.1) is 18.2 Å². The van der Waals surface area contributed by atoms with Gasteiger partial charge in [-0.2, -0.15) is 0 Å². The summed E-state index contributed by atoms with van der Waals surface area (Å²) < 4.78 is 10.2. The lowest BCUT2D eigenvalue weighted by Gasteiger charge is -2.19. The minimum absolute atomic E-state index is 0.161. The molecule has 1 unspecified atom stereocenters. The van der Waals surface area contributed by atoms with Crippen LogP contribution in [-0.4, -0.2) is 37.2 Å². The predicted molar refractivity (Wildman–Crippen MR) is 119 cm³/mol. The number of nitrogens with one attached hydrogen (secondary N) is 2. The van der Waals surface area contributed by atoms with Gasteiger partial charge in [-0.1, -0.05) is 60.7 Å². The largest absolute Gasteiger partial charge is 0.460 e. The number of amides is 1. The molecule has 6 heteroatoms. The van der Waals surface area contributed by atoms with E-state index in [4.69, 9.17) is 9.47 Å². The van der Waals surface area contributed by atoms with E-state index in [1.807, 2.05) is 60.7 Å². The van der Waals surface area contributed by atoms with Gasteiger partial charge in [-0.15, -0.1) is 0 Å². The standard InChI is InChI=1S/C25H28N2O4/c1-17-22(25(29)31-15-14-30-3)18(2)26-23(17)24(28)27-21(20-12-8-5-9-13-20)16-19-10-6-4-7-11-19/h4-13,21,26H,14-16H2,1-3H3,(H,27,28). The van der Waals surface area contributed by atoms with Crippen molar-refractivity contribution in [1.29, 1.82) is 0 Å². The van der Waals surface area contributed by atoms with Gasteiger partial charge in [-0.25, -0.2) is 4.79 Å². The molecule has 1 atom stereocenters. The van der Waals surface area contributed by atoms with Gasteiger partial charge in [0.25, 0.3) is 5.91 Å². The van der Waals surface area contributed by atoms with Crippen LogP contribution in [0.3, 0.4) is 0 Å². The molecule has 0 aliphatic rings. The van der Waals surface area contributed by atoms with Crippen molar-refractivity contribution in [3.05, 3.63) is 94.3 Å². The SMILES string of the molecule is COCCOC(=O)c1c(C)[nH]c(C(=O)NC(Cc2ccccc2)c2ccccc2)c1C. The number of aromatic amines is 1. The van der Waals surface area contributed by atoms with Gasteiger partial charge in [0, 0.05) is 12.8 Å². The third-order valence-electron chi connectivity index (χ3n) is 5.18. The summed E-state index contributed by atoms with van der Waals surface area (Å²) >= 11 is 0. The van der Waals surface area contributed by atoms with Gasteiger partial charge in [0.1, 0.15) is 12.3 Å². The molecule has 3 rings (SSSR count). The van der Waals surface area contributed by atoms with E-state index < -0.39 is 5.97 Å². The smallest absolute Gasteiger partial charge is 0.340 e. The fourth-order valence-electron chi connectivity index (χ4n) is 3.59. The third-order valence-corrected chi connectivity index (χ3v) is 5.18. The zero-order valence-electron chi connectivity index (χ0n) is 18.1. The molecule has 2 aromatic carbocycles. The normalized spacial score (nSPS) is 11.7. The maximum Gasteiger partial charge on any atom is 0.340 e. The number of carbonyl (C=O) groups excluding carboxylic acids is 2. The summed E-state index contributed by atoms with van der Waals surface area (Å²) in [4.78, 5) is 28.7. The number of benzene rings is 2. The number of esters is 1. The molecule has 0 spiro atoms. The van der Waals surface area contributed by atoms with Crippen LogP contribution in [0.1, 0.15) is 49.3 Å². The molecule has 0 fully saturated rings. The van der Waals surface area contributed by atoms with E-state index in [2.05, 4.69) is 10.3 Å². The molecule has 0 aliphatic carbocycles. The van der Waals surface area contributed by atoms with Crippen LogP contribution in [0, 0.1) is 13.8 Å². The molecule has 0 radical (unpaired) electrons. The van der Waals surface area contributed by atoms with Crippen molar-refractivity contribution >= 4 is 11.9 Å². The topological polar surface area (TPSA) is 80.4 Å². The highest BCUT2D eigenvalue weighted by Gasteiger charge is 2.25. The highest BCUT2D eigenvalue weighted by molar-refractivity contribution is 6.00. The van der Waals surface area contributed by atoms with Crippen molar-refractivity contribution < 1.29 is 19.1 Å². The minimum Gasteiger partial charge on any atom is -0.460 e. The van der Waals surface area contributed by atoms with E-state index in [1.54, 1.807) is 21.0 Å². The van der Waals surface area contributed by atoms with Crippen molar-refractivity contribution in [3.63, 3.8) is 0 Å². The molecule has 0 saturated carbocycles. The Balaban J connectivity index is 1.82. The van der Waals surface area contributed by atoms with E-state index >= 15 is 0 Å². The minimum atomic E-state index is -0.466.